The topological polar surface area (TPSA) is 126 Å². The molecule has 0 spiro atoms. The number of rotatable bonds is 5. The van der Waals surface area contributed by atoms with Gasteiger partial charge in [0.15, 0.2) is 0 Å². The molecule has 0 saturated carbocycles. The third-order valence-electron chi connectivity index (χ3n) is 5.88. The van der Waals surface area contributed by atoms with Gasteiger partial charge in [-0.15, -0.1) is 0 Å². The van der Waals surface area contributed by atoms with Crippen LogP contribution in [-0.2, 0) is 9.59 Å². The van der Waals surface area contributed by atoms with E-state index in [0.717, 1.165) is 25.9 Å². The van der Waals surface area contributed by atoms with E-state index in [4.69, 9.17) is 9.47 Å². The van der Waals surface area contributed by atoms with Gasteiger partial charge in [-0.05, 0) is 30.9 Å². The lowest BCUT2D eigenvalue weighted by molar-refractivity contribution is -0.123. The Labute approximate surface area is 185 Å². The molecule has 3 N–H and O–H groups in total. The van der Waals surface area contributed by atoms with Crippen molar-refractivity contribution in [1.82, 2.24) is 9.97 Å². The van der Waals surface area contributed by atoms with E-state index < -0.39 is 17.4 Å². The first-order valence-electron chi connectivity index (χ1n) is 10.6. The molecule has 1 fully saturated rings. The molecule has 4 rings (SSSR count). The van der Waals surface area contributed by atoms with E-state index in [2.05, 4.69) is 27.5 Å². The second-order valence-electron chi connectivity index (χ2n) is 8.21. The third-order valence-corrected chi connectivity index (χ3v) is 5.88. The highest BCUT2D eigenvalue weighted by atomic mass is 16.5. The molecule has 0 radical (unpaired) electrons. The van der Waals surface area contributed by atoms with Gasteiger partial charge in [-0.1, -0.05) is 6.92 Å². The highest BCUT2D eigenvalue weighted by molar-refractivity contribution is 6.05. The van der Waals surface area contributed by atoms with E-state index in [1.807, 2.05) is 4.90 Å². The minimum atomic E-state index is -0.986. The van der Waals surface area contributed by atoms with Crippen molar-refractivity contribution >= 4 is 29.3 Å². The Morgan fingerprint density at radius 3 is 2.78 bits per heavy atom. The van der Waals surface area contributed by atoms with Crippen LogP contribution in [0, 0.1) is 5.92 Å². The number of aromatic nitrogens is 2. The highest BCUT2D eigenvalue weighted by Crippen LogP contribution is 2.33. The molecule has 0 unspecified atom stereocenters. The summed E-state index contributed by atoms with van der Waals surface area (Å²) >= 11 is 0. The molecule has 2 aliphatic heterocycles. The zero-order chi connectivity index (χ0) is 22.8. The summed E-state index contributed by atoms with van der Waals surface area (Å²) < 4.78 is 10.5. The maximum atomic E-state index is 13.1. The van der Waals surface area contributed by atoms with Crippen LogP contribution in [0.5, 0.6) is 11.5 Å². The van der Waals surface area contributed by atoms with Crippen LogP contribution in [0.15, 0.2) is 23.0 Å². The number of nitrogens with zero attached hydrogens (tertiary/aromatic N) is 2. The van der Waals surface area contributed by atoms with Gasteiger partial charge in [-0.25, -0.2) is 0 Å². The van der Waals surface area contributed by atoms with E-state index >= 15 is 0 Å². The number of fused-ring (bicyclic) bond motifs is 1. The Hall–Kier alpha value is -3.56. The molecule has 1 aromatic heterocycles. The summed E-state index contributed by atoms with van der Waals surface area (Å²) in [6, 6.07) is 4.98. The number of benzene rings is 1. The number of H-pyrrole nitrogens is 1. The number of hydrogen-bond donors (Lipinski definition) is 3. The van der Waals surface area contributed by atoms with Crippen LogP contribution in [0.25, 0.3) is 0 Å². The predicted octanol–water partition coefficient (Wildman–Crippen LogP) is 2.09. The zero-order valence-corrected chi connectivity index (χ0v) is 18.4. The van der Waals surface area contributed by atoms with Gasteiger partial charge in [0.05, 0.1) is 31.4 Å². The molecular weight excluding hydrogens is 414 g/mol. The maximum Gasteiger partial charge on any atom is 0.258 e. The molecule has 10 nitrogen and oxygen atoms in total. The molecule has 0 aliphatic carbocycles. The number of carbonyl (C=O) groups excluding carboxylic acids is 2. The molecule has 2 aromatic rings. The van der Waals surface area contributed by atoms with Crippen molar-refractivity contribution < 1.29 is 19.1 Å². The van der Waals surface area contributed by atoms with Gasteiger partial charge in [-0.2, -0.15) is 4.98 Å². The molecule has 3 heterocycles. The van der Waals surface area contributed by atoms with Crippen molar-refractivity contribution in [2.75, 3.05) is 42.8 Å². The van der Waals surface area contributed by atoms with E-state index in [9.17, 15) is 14.4 Å². The normalized spacial score (nSPS) is 20.2. The minimum Gasteiger partial charge on any atom is -0.497 e. The molecule has 32 heavy (non-hydrogen) atoms. The van der Waals surface area contributed by atoms with Gasteiger partial charge >= 0.3 is 0 Å². The Balaban J connectivity index is 1.65. The number of piperidine rings is 1. The van der Waals surface area contributed by atoms with Crippen molar-refractivity contribution in [3.05, 3.63) is 34.1 Å². The van der Waals surface area contributed by atoms with Gasteiger partial charge in [0, 0.05) is 25.6 Å². The van der Waals surface area contributed by atoms with Crippen molar-refractivity contribution in [3.8, 4) is 11.5 Å². The van der Waals surface area contributed by atoms with Gasteiger partial charge in [-0.3, -0.25) is 19.4 Å². The van der Waals surface area contributed by atoms with Crippen LogP contribution in [0.3, 0.4) is 0 Å². The van der Waals surface area contributed by atoms with Crippen molar-refractivity contribution in [1.29, 1.82) is 0 Å². The van der Waals surface area contributed by atoms with Crippen LogP contribution in [-0.4, -0.2) is 49.1 Å². The Bertz CT molecular complexity index is 1100. The molecule has 0 bridgehead atoms. The summed E-state index contributed by atoms with van der Waals surface area (Å²) in [6.07, 6.45) is 1.97. The lowest BCUT2D eigenvalue weighted by Crippen LogP contribution is -2.40. The lowest BCUT2D eigenvalue weighted by atomic mass is 9.92. The van der Waals surface area contributed by atoms with Crippen LogP contribution >= 0.6 is 0 Å². The van der Waals surface area contributed by atoms with Crippen LogP contribution < -0.4 is 30.6 Å². The van der Waals surface area contributed by atoms with Gasteiger partial charge in [0.1, 0.15) is 17.3 Å². The Kier molecular flexibility index (Phi) is 6.02. The minimum absolute atomic E-state index is 0.135. The predicted molar refractivity (Wildman–Crippen MR) is 120 cm³/mol. The highest BCUT2D eigenvalue weighted by Gasteiger charge is 2.35. The molecule has 2 atom stereocenters. The summed E-state index contributed by atoms with van der Waals surface area (Å²) in [5.74, 6) is 0.137. The van der Waals surface area contributed by atoms with Crippen LogP contribution in [0.4, 0.5) is 17.5 Å². The molecule has 170 valence electrons. The number of anilines is 3. The second kappa shape index (κ2) is 8.89. The number of ether oxygens (including phenoxy) is 2. The summed E-state index contributed by atoms with van der Waals surface area (Å²) in [5, 5.41) is 5.42. The average Bonchev–Trinajstić information content (AvgIpc) is 2.78. The largest absolute Gasteiger partial charge is 0.497 e. The van der Waals surface area contributed by atoms with Crippen LogP contribution in [0.1, 0.15) is 37.7 Å². The second-order valence-corrected chi connectivity index (χ2v) is 8.21. The Morgan fingerprint density at radius 2 is 2.06 bits per heavy atom. The first-order valence-corrected chi connectivity index (χ1v) is 10.6. The standard InChI is InChI=1S/C22H27N5O5/c1-12-5-4-8-27(11-12)22-25-19-18(21(30)26-22)14(10-17(28)24-19)20(29)23-15-9-13(31-2)6-7-16(15)32-3/h6-7,9,12,14H,4-5,8,10-11H2,1-3H3,(H,23,29)(H2,24,25,26,28,30)/t12-,14+/m0/s1. The van der Waals surface area contributed by atoms with E-state index in [0.29, 0.717) is 29.1 Å². The zero-order valence-electron chi connectivity index (χ0n) is 18.4. The smallest absolute Gasteiger partial charge is 0.258 e. The molecule has 1 aromatic carbocycles. The fraction of sp³-hybridized carbons (Fsp3) is 0.455. The number of hydrogen-bond acceptors (Lipinski definition) is 7. The third kappa shape index (κ3) is 4.25. The Morgan fingerprint density at radius 1 is 1.25 bits per heavy atom. The van der Waals surface area contributed by atoms with E-state index in [-0.39, 0.29) is 23.7 Å². The van der Waals surface area contributed by atoms with E-state index in [1.165, 1.54) is 14.2 Å². The fourth-order valence-corrected chi connectivity index (χ4v) is 4.25. The summed E-state index contributed by atoms with van der Waals surface area (Å²) in [4.78, 5) is 47.8. The first-order chi connectivity index (χ1) is 15.4. The van der Waals surface area contributed by atoms with Crippen molar-refractivity contribution in [3.63, 3.8) is 0 Å². The molecule has 2 amide bonds. The molecule has 1 saturated heterocycles. The summed E-state index contributed by atoms with van der Waals surface area (Å²) in [5.41, 5.74) is 0.103. The molecular formula is C22H27N5O5. The first kappa shape index (κ1) is 21.7. The average molecular weight is 441 g/mol. The van der Waals surface area contributed by atoms with Crippen molar-refractivity contribution in [2.24, 2.45) is 5.92 Å². The fourth-order valence-electron chi connectivity index (χ4n) is 4.25. The quantitative estimate of drug-likeness (QED) is 0.649. The van der Waals surface area contributed by atoms with Gasteiger partial charge in [0.2, 0.25) is 17.8 Å². The van der Waals surface area contributed by atoms with Crippen LogP contribution in [0.2, 0.25) is 0 Å². The monoisotopic (exact) mass is 441 g/mol. The summed E-state index contributed by atoms with van der Waals surface area (Å²) in [7, 11) is 3.00. The lowest BCUT2D eigenvalue weighted by Gasteiger charge is -2.32. The number of carbonyl (C=O) groups is 2. The van der Waals surface area contributed by atoms with Gasteiger partial charge in [0.25, 0.3) is 5.56 Å². The number of methoxy groups -OCH3 is 2. The van der Waals surface area contributed by atoms with E-state index in [1.54, 1.807) is 18.2 Å². The number of nitrogens with one attached hydrogen (secondary N) is 3. The summed E-state index contributed by atoms with van der Waals surface area (Å²) in [6.45, 7) is 3.70. The SMILES string of the molecule is COc1ccc(OC)c(NC(=O)[C@@H]2CC(=O)Nc3nc(N4CCC[C@H](C)C4)[nH]c(=O)c32)c1. The van der Waals surface area contributed by atoms with Crippen molar-refractivity contribution in [2.45, 2.75) is 32.1 Å². The maximum absolute atomic E-state index is 13.1. The number of aromatic amines is 1. The molecule has 2 aliphatic rings. The number of amides is 2. The van der Waals surface area contributed by atoms with Gasteiger partial charge < -0.3 is 25.0 Å². The molecule has 10 heteroatoms.